The Hall–Kier alpha value is -4.20. The van der Waals surface area contributed by atoms with E-state index >= 15 is 0 Å². The summed E-state index contributed by atoms with van der Waals surface area (Å²) in [6.45, 7) is 0. The first kappa shape index (κ1) is 60.1. The van der Waals surface area contributed by atoms with Gasteiger partial charge in [0.25, 0.3) is 0 Å². The van der Waals surface area contributed by atoms with Crippen LogP contribution in [0.15, 0.2) is 85.1 Å². The van der Waals surface area contributed by atoms with Gasteiger partial charge in [-0.25, -0.2) is 65.9 Å². The summed E-state index contributed by atoms with van der Waals surface area (Å²) >= 11 is 21.0. The topological polar surface area (TPSA) is 0 Å². The van der Waals surface area contributed by atoms with Crippen LogP contribution in [0.3, 0.4) is 0 Å². The molecule has 5 rings (SSSR count). The molecule has 0 saturated carbocycles. The van der Waals surface area contributed by atoms with Gasteiger partial charge in [0.1, 0.15) is 53.6 Å². The molecule has 0 spiro atoms. The Kier molecular flexibility index (Phi) is 29.9. The molecule has 0 saturated heterocycles. The molecule has 25 heteroatoms. The van der Waals surface area contributed by atoms with Crippen molar-refractivity contribution in [1.29, 1.82) is 0 Å². The van der Waals surface area contributed by atoms with E-state index in [0.29, 0.717) is 30.3 Å². The molecule has 305 valence electrons. The zero-order chi connectivity index (χ0) is 38.6. The van der Waals surface area contributed by atoms with Crippen LogP contribution in [0.5, 0.6) is 0 Å². The average Bonchev–Trinajstić information content (AvgIpc) is 3.10. The van der Waals surface area contributed by atoms with Crippen LogP contribution in [-0.4, -0.2) is 0 Å². The molecule has 0 amide bonds. The van der Waals surface area contributed by atoms with Crippen molar-refractivity contribution < 1.29 is 89.4 Å². The third kappa shape index (κ3) is 17.4. The molecule has 0 aromatic heterocycles. The van der Waals surface area contributed by atoms with E-state index in [4.69, 9.17) is 0 Å². The molecule has 5 aromatic carbocycles. The molecule has 0 N–H and O–H groups in total. The van der Waals surface area contributed by atoms with E-state index in [1.165, 1.54) is 0 Å². The van der Waals surface area contributed by atoms with Gasteiger partial charge in [-0.1, -0.05) is 63.1 Å². The van der Waals surface area contributed by atoms with Crippen molar-refractivity contribution in [2.75, 3.05) is 0 Å². The summed E-state index contributed by atoms with van der Waals surface area (Å²) < 4.78 is 183. The molecule has 0 atom stereocenters. The van der Waals surface area contributed by atoms with Crippen LogP contribution in [0.4, 0.5) is 89.4 Å². The van der Waals surface area contributed by atoms with E-state index < -0.39 is 112 Å². The average molecular weight is 916 g/mol. The predicted molar refractivity (Wildman–Crippen MR) is 173 cm³/mol. The Balaban J connectivity index is -0.000000185. The van der Waals surface area contributed by atoms with Crippen molar-refractivity contribution in [3.05, 3.63) is 148 Å². The Labute approximate surface area is 324 Å². The maximum absolute atomic E-state index is 12.3. The molecule has 0 aliphatic heterocycles. The van der Waals surface area contributed by atoms with Gasteiger partial charge in [-0.3, -0.25) is 23.5 Å². The zero-order valence-corrected chi connectivity index (χ0v) is 29.6. The fourth-order valence-corrected chi connectivity index (χ4v) is 3.37. The highest BCUT2D eigenvalue weighted by molar-refractivity contribution is 7.81. The van der Waals surface area contributed by atoms with Gasteiger partial charge in [-0.2, -0.15) is 0 Å². The minimum absolute atomic E-state index is 0. The molecular formula is C30H15F20S5. The summed E-state index contributed by atoms with van der Waals surface area (Å²) in [6.07, 6.45) is 0. The van der Waals surface area contributed by atoms with Gasteiger partial charge in [0.05, 0.1) is 0 Å². The van der Waals surface area contributed by atoms with Crippen molar-refractivity contribution in [3.63, 3.8) is 0 Å². The van der Waals surface area contributed by atoms with Gasteiger partial charge in [0, 0.05) is 0 Å². The van der Waals surface area contributed by atoms with Crippen molar-refractivity contribution in [2.24, 2.45) is 0 Å². The molecule has 0 aliphatic rings. The van der Waals surface area contributed by atoms with Crippen LogP contribution in [-0.2, 0) is 0 Å². The molecule has 5 radical (unpaired) electrons. The molecule has 0 bridgehead atoms. The fraction of sp³-hybridized carbons (Fsp3) is 0. The maximum Gasteiger partial charge on any atom is 0.179 e. The Morgan fingerprint density at radius 3 is 0.382 bits per heavy atom. The lowest BCUT2D eigenvalue weighted by Crippen LogP contribution is -1.88. The van der Waals surface area contributed by atoms with Gasteiger partial charge in [0.15, 0.2) is 58.2 Å². The van der Waals surface area contributed by atoms with E-state index in [2.05, 4.69) is 63.1 Å². The van der Waals surface area contributed by atoms with Crippen LogP contribution in [0, 0.1) is 87.3 Å². The lowest BCUT2D eigenvalue weighted by atomic mass is 10.3. The first-order valence-corrected chi connectivity index (χ1v) is 14.2. The highest BCUT2D eigenvalue weighted by Gasteiger charge is 2.13. The molecule has 0 nitrogen and oxygen atoms in total. The molecule has 0 aliphatic carbocycles. The fourth-order valence-electron chi connectivity index (χ4n) is 2.54. The van der Waals surface area contributed by atoms with Crippen molar-refractivity contribution in [3.8, 4) is 0 Å². The van der Waals surface area contributed by atoms with Crippen LogP contribution in [0.25, 0.3) is 0 Å². The van der Waals surface area contributed by atoms with Crippen LogP contribution in [0.2, 0.25) is 0 Å². The number of hydrogen-bond acceptors (Lipinski definition) is 0. The molecule has 55 heavy (non-hydrogen) atoms. The molecular weight excluding hydrogens is 901 g/mol. The summed E-state index contributed by atoms with van der Waals surface area (Å²) in [4.78, 5) is -3.47. The lowest BCUT2D eigenvalue weighted by Gasteiger charge is -1.95. The molecule has 0 fully saturated rings. The van der Waals surface area contributed by atoms with E-state index in [1.54, 1.807) is 0 Å². The minimum Gasteiger partial charge on any atom is -0.269 e. The van der Waals surface area contributed by atoms with Crippen LogP contribution >= 0.6 is 63.1 Å². The third-order valence-electron chi connectivity index (χ3n) is 5.01. The number of benzene rings is 5. The first-order chi connectivity index (χ1) is 23.1. The number of halogens is 20. The van der Waals surface area contributed by atoms with Gasteiger partial charge in [-0.05, 0) is 60.7 Å². The van der Waals surface area contributed by atoms with E-state index in [0.717, 1.165) is 30.3 Å². The third-order valence-corrected chi connectivity index (χ3v) is 6.88. The second kappa shape index (κ2) is 27.4. The van der Waals surface area contributed by atoms with Crippen LogP contribution < -0.4 is 0 Å². The largest absolute Gasteiger partial charge is 0.269 e. The second-order valence-electron chi connectivity index (χ2n) is 8.36. The van der Waals surface area contributed by atoms with Gasteiger partial charge < -0.3 is 0 Å². The number of rotatable bonds is 0. The molecule has 0 unspecified atom stereocenters. The van der Waals surface area contributed by atoms with Crippen molar-refractivity contribution in [1.82, 2.24) is 0 Å². The van der Waals surface area contributed by atoms with E-state index in [9.17, 15) is 65.9 Å². The summed E-state index contributed by atoms with van der Waals surface area (Å²) in [5.74, 6) is -16.6. The maximum atomic E-state index is 12.3. The zero-order valence-electron chi connectivity index (χ0n) is 25.5. The minimum atomic E-state index is -1.30. The Morgan fingerprint density at radius 2 is 0.291 bits per heavy atom. The summed E-state index contributed by atoms with van der Waals surface area (Å²) in [7, 11) is 0. The van der Waals surface area contributed by atoms with Crippen molar-refractivity contribution >= 4 is 63.1 Å². The second-order valence-corrected chi connectivity index (χ2v) is 10.4. The quantitative estimate of drug-likeness (QED) is 0.107. The Bertz CT molecular complexity index is 1490. The lowest BCUT2D eigenvalue weighted by molar-refractivity contribution is 0.468. The smallest absolute Gasteiger partial charge is 0.179 e. The summed E-state index contributed by atoms with van der Waals surface area (Å²) in [5.41, 5.74) is 0. The van der Waals surface area contributed by atoms with E-state index in [1.807, 2.05) is 0 Å². The van der Waals surface area contributed by atoms with Gasteiger partial charge in [0.2, 0.25) is 0 Å². The van der Waals surface area contributed by atoms with Gasteiger partial charge in [-0.15, -0.1) is 0 Å². The normalized spacial score (nSPS) is 9.00. The van der Waals surface area contributed by atoms with Crippen molar-refractivity contribution in [2.45, 2.75) is 24.5 Å². The highest BCUT2D eigenvalue weighted by atomic mass is 32.1. The highest BCUT2D eigenvalue weighted by Crippen LogP contribution is 2.22. The number of hydrogen-bond donors (Lipinski definition) is 0. The molecule has 5 aromatic rings. The predicted octanol–water partition coefficient (Wildman–Crippen LogP) is 14.1. The monoisotopic (exact) mass is 915 g/mol. The SMILES string of the molecule is F.F.F.F.F.Fc1ccc(F)c([S])c1F.Fc1ccc(F)c([S])c1F.Fc1ccc(F)c([S])c1F.Fc1ccc(F)c([S])c1F.Fc1ccc(F)c([S])c1F. The van der Waals surface area contributed by atoms with E-state index in [-0.39, 0.29) is 23.5 Å². The van der Waals surface area contributed by atoms with Crippen LogP contribution in [0.1, 0.15) is 0 Å². The Morgan fingerprint density at radius 1 is 0.200 bits per heavy atom. The first-order valence-electron chi connectivity index (χ1n) is 12.2. The van der Waals surface area contributed by atoms with Gasteiger partial charge >= 0.3 is 0 Å². The summed E-state index contributed by atoms with van der Waals surface area (Å²) in [6, 6.07) is 7.44. The molecule has 0 heterocycles. The standard InChI is InChI=1S/5C6H2F3S.5FH/c5*7-3-1-2-4(8)6(10)5(3)9;;;;;/h5*1-2H;5*1H. The summed E-state index contributed by atoms with van der Waals surface area (Å²) in [5, 5.41) is 0.